The third-order valence-electron chi connectivity index (χ3n) is 3.02. The monoisotopic (exact) mass is 343 g/mol. The molecule has 0 amide bonds. The number of rotatable bonds is 5. The minimum Gasteiger partial charge on any atom is -0.465 e. The van der Waals surface area contributed by atoms with Crippen molar-refractivity contribution >= 4 is 11.7 Å². The quantitative estimate of drug-likeness (QED) is 0.655. The van der Waals surface area contributed by atoms with E-state index < -0.39 is 18.1 Å². The van der Waals surface area contributed by atoms with Gasteiger partial charge in [0.05, 0.1) is 12.7 Å². The first-order chi connectivity index (χ1) is 11.3. The minimum absolute atomic E-state index is 0.0166. The van der Waals surface area contributed by atoms with Crippen LogP contribution >= 0.6 is 0 Å². The first-order valence-corrected chi connectivity index (χ1v) is 6.75. The number of hydrogen-bond donors (Lipinski definition) is 1. The number of nitrogens with one attached hydrogen (secondary N) is 1. The largest absolute Gasteiger partial charge is 0.573 e. The first-order valence-electron chi connectivity index (χ1n) is 6.75. The van der Waals surface area contributed by atoms with Crippen molar-refractivity contribution in [1.82, 2.24) is 0 Å². The Kier molecular flexibility index (Phi) is 5.28. The van der Waals surface area contributed by atoms with Gasteiger partial charge in [-0.2, -0.15) is 0 Å². The van der Waals surface area contributed by atoms with Gasteiger partial charge in [0.2, 0.25) is 0 Å². The number of carbonyl (C=O) groups is 1. The van der Waals surface area contributed by atoms with Crippen LogP contribution in [0.2, 0.25) is 0 Å². The van der Waals surface area contributed by atoms with Gasteiger partial charge in [0.1, 0.15) is 11.6 Å². The smallest absolute Gasteiger partial charge is 0.465 e. The Labute approximate surface area is 135 Å². The predicted octanol–water partition coefficient (Wildman–Crippen LogP) is 4.12. The molecule has 8 heteroatoms. The van der Waals surface area contributed by atoms with Crippen molar-refractivity contribution in [3.05, 3.63) is 59.4 Å². The van der Waals surface area contributed by atoms with Gasteiger partial charge in [0, 0.05) is 23.9 Å². The van der Waals surface area contributed by atoms with Crippen molar-refractivity contribution in [3.63, 3.8) is 0 Å². The van der Waals surface area contributed by atoms with Crippen LogP contribution < -0.4 is 10.1 Å². The van der Waals surface area contributed by atoms with Crippen LogP contribution in [-0.2, 0) is 11.3 Å². The standard InChI is InChI=1S/C16H13F4NO3/c1-23-15(22)10-5-6-11(14(17)7-10)9-21-12-3-2-4-13(8-12)24-16(18,19)20/h2-8,21H,9H2,1H3. The summed E-state index contributed by atoms with van der Waals surface area (Å²) in [5, 5.41) is 2.79. The highest BCUT2D eigenvalue weighted by atomic mass is 19.4. The van der Waals surface area contributed by atoms with E-state index in [0.29, 0.717) is 5.69 Å². The van der Waals surface area contributed by atoms with E-state index in [9.17, 15) is 22.4 Å². The lowest BCUT2D eigenvalue weighted by molar-refractivity contribution is -0.274. The molecule has 0 unspecified atom stereocenters. The van der Waals surface area contributed by atoms with E-state index in [1.165, 1.54) is 31.4 Å². The molecule has 4 nitrogen and oxygen atoms in total. The van der Waals surface area contributed by atoms with Crippen molar-refractivity contribution in [1.29, 1.82) is 0 Å². The number of ether oxygens (including phenoxy) is 2. The fourth-order valence-corrected chi connectivity index (χ4v) is 1.94. The van der Waals surface area contributed by atoms with E-state index >= 15 is 0 Å². The summed E-state index contributed by atoms with van der Waals surface area (Å²) in [6, 6.07) is 9.02. The van der Waals surface area contributed by atoms with Crippen LogP contribution in [0.1, 0.15) is 15.9 Å². The zero-order valence-corrected chi connectivity index (χ0v) is 12.5. The molecule has 0 aliphatic carbocycles. The second kappa shape index (κ2) is 7.20. The minimum atomic E-state index is -4.78. The van der Waals surface area contributed by atoms with Gasteiger partial charge in [-0.25, -0.2) is 9.18 Å². The molecule has 24 heavy (non-hydrogen) atoms. The average molecular weight is 343 g/mol. The molecule has 0 heterocycles. The second-order valence-corrected chi connectivity index (χ2v) is 4.73. The van der Waals surface area contributed by atoms with Crippen LogP contribution in [-0.4, -0.2) is 19.4 Å². The number of esters is 1. The molecule has 0 spiro atoms. The fraction of sp³-hybridized carbons (Fsp3) is 0.188. The Morgan fingerprint density at radius 1 is 1.17 bits per heavy atom. The molecule has 0 radical (unpaired) electrons. The normalized spacial score (nSPS) is 11.0. The number of anilines is 1. The molecular weight excluding hydrogens is 330 g/mol. The van der Waals surface area contributed by atoms with Crippen LogP contribution in [0.25, 0.3) is 0 Å². The number of methoxy groups -OCH3 is 1. The molecule has 0 fully saturated rings. The summed E-state index contributed by atoms with van der Waals surface area (Å²) in [4.78, 5) is 11.3. The van der Waals surface area contributed by atoms with Crippen molar-refractivity contribution in [2.45, 2.75) is 12.9 Å². The Hall–Kier alpha value is -2.77. The molecule has 1 N–H and O–H groups in total. The van der Waals surface area contributed by atoms with Crippen LogP contribution in [0, 0.1) is 5.82 Å². The highest BCUT2D eigenvalue weighted by Crippen LogP contribution is 2.25. The molecule has 2 aromatic carbocycles. The van der Waals surface area contributed by atoms with E-state index in [2.05, 4.69) is 14.8 Å². The zero-order chi connectivity index (χ0) is 17.7. The van der Waals surface area contributed by atoms with Crippen LogP contribution in [0.3, 0.4) is 0 Å². The second-order valence-electron chi connectivity index (χ2n) is 4.73. The molecule has 0 aromatic heterocycles. The molecule has 0 saturated carbocycles. The third kappa shape index (κ3) is 4.87. The van der Waals surface area contributed by atoms with Crippen molar-refractivity contribution in [2.24, 2.45) is 0 Å². The summed E-state index contributed by atoms with van der Waals surface area (Å²) < 4.78 is 58.8. The summed E-state index contributed by atoms with van der Waals surface area (Å²) in [5.41, 5.74) is 0.636. The Morgan fingerprint density at radius 3 is 2.54 bits per heavy atom. The number of halogens is 4. The van der Waals surface area contributed by atoms with Gasteiger partial charge in [0.25, 0.3) is 0 Å². The van der Waals surface area contributed by atoms with Crippen LogP contribution in [0.4, 0.5) is 23.2 Å². The average Bonchev–Trinajstić information content (AvgIpc) is 2.51. The Balaban J connectivity index is 2.06. The van der Waals surface area contributed by atoms with Crippen molar-refractivity contribution in [2.75, 3.05) is 12.4 Å². The molecule has 0 aliphatic heterocycles. The van der Waals surface area contributed by atoms with Crippen molar-refractivity contribution < 1.29 is 31.8 Å². The van der Waals surface area contributed by atoms with Gasteiger partial charge in [0.15, 0.2) is 0 Å². The molecule has 2 rings (SSSR count). The first kappa shape index (κ1) is 17.6. The maximum Gasteiger partial charge on any atom is 0.573 e. The van der Waals surface area contributed by atoms with Gasteiger partial charge < -0.3 is 14.8 Å². The van der Waals surface area contributed by atoms with Gasteiger partial charge in [-0.05, 0) is 24.3 Å². The maximum absolute atomic E-state index is 13.9. The van der Waals surface area contributed by atoms with Crippen LogP contribution in [0.15, 0.2) is 42.5 Å². The highest BCUT2D eigenvalue weighted by Gasteiger charge is 2.31. The topological polar surface area (TPSA) is 47.6 Å². The lowest BCUT2D eigenvalue weighted by atomic mass is 10.1. The Bertz CT molecular complexity index is 732. The summed E-state index contributed by atoms with van der Waals surface area (Å²) in [6.07, 6.45) is -4.78. The lowest BCUT2D eigenvalue weighted by Crippen LogP contribution is -2.17. The van der Waals surface area contributed by atoms with E-state index in [0.717, 1.165) is 18.2 Å². The van der Waals surface area contributed by atoms with Crippen molar-refractivity contribution in [3.8, 4) is 5.75 Å². The maximum atomic E-state index is 13.9. The van der Waals surface area contributed by atoms with Gasteiger partial charge >= 0.3 is 12.3 Å². The molecule has 0 aliphatic rings. The number of carbonyl (C=O) groups excluding carboxylic acids is 1. The van der Waals surface area contributed by atoms with E-state index in [1.54, 1.807) is 0 Å². The van der Waals surface area contributed by atoms with E-state index in [4.69, 9.17) is 0 Å². The van der Waals surface area contributed by atoms with Gasteiger partial charge in [-0.15, -0.1) is 13.2 Å². The number of hydrogen-bond acceptors (Lipinski definition) is 4. The molecule has 128 valence electrons. The van der Waals surface area contributed by atoms with Gasteiger partial charge in [-0.1, -0.05) is 12.1 Å². The van der Waals surface area contributed by atoms with Gasteiger partial charge in [-0.3, -0.25) is 0 Å². The summed E-state index contributed by atoms with van der Waals surface area (Å²) in [5.74, 6) is -1.67. The number of alkyl halides is 3. The predicted molar refractivity (Wildman–Crippen MR) is 78.2 cm³/mol. The zero-order valence-electron chi connectivity index (χ0n) is 12.5. The molecule has 0 saturated heterocycles. The third-order valence-corrected chi connectivity index (χ3v) is 3.02. The molecule has 2 aromatic rings. The fourth-order valence-electron chi connectivity index (χ4n) is 1.94. The van der Waals surface area contributed by atoms with Crippen LogP contribution in [0.5, 0.6) is 5.75 Å². The van der Waals surface area contributed by atoms with E-state index in [-0.39, 0.29) is 23.4 Å². The van der Waals surface area contributed by atoms with E-state index in [1.807, 2.05) is 0 Å². The SMILES string of the molecule is COC(=O)c1ccc(CNc2cccc(OC(F)(F)F)c2)c(F)c1. The number of benzene rings is 2. The summed E-state index contributed by atoms with van der Waals surface area (Å²) in [7, 11) is 1.19. The molecule has 0 bridgehead atoms. The Morgan fingerprint density at radius 2 is 1.92 bits per heavy atom. The molecule has 0 atom stereocenters. The summed E-state index contributed by atoms with van der Waals surface area (Å²) in [6.45, 7) is 0.0166. The molecular formula is C16H13F4NO3. The highest BCUT2D eigenvalue weighted by molar-refractivity contribution is 5.89. The summed E-state index contributed by atoms with van der Waals surface area (Å²) >= 11 is 0. The lowest BCUT2D eigenvalue weighted by Gasteiger charge is -2.12.